The zero-order valence-electron chi connectivity index (χ0n) is 15.1. The first kappa shape index (κ1) is 19.6. The molecule has 10 heteroatoms. The number of anilines is 2. The van der Waals surface area contributed by atoms with Crippen molar-refractivity contribution in [2.24, 2.45) is 5.10 Å². The molecule has 0 radical (unpaired) electrons. The van der Waals surface area contributed by atoms with Crippen LogP contribution in [0, 0.1) is 0 Å². The number of para-hydroxylation sites is 1. The summed E-state index contributed by atoms with van der Waals surface area (Å²) in [4.78, 5) is 13.2. The van der Waals surface area contributed by atoms with Crippen LogP contribution in [0.15, 0.2) is 39.4 Å². The lowest BCUT2D eigenvalue weighted by Gasteiger charge is -2.12. The number of nitrogen functional groups attached to an aromatic ring is 1. The van der Waals surface area contributed by atoms with Crippen molar-refractivity contribution in [3.8, 4) is 0 Å². The number of nitrogens with two attached hydrogens (primary N) is 1. The molecule has 0 atom stereocenters. The van der Waals surface area contributed by atoms with Crippen LogP contribution < -0.4 is 16.6 Å². The largest absolute Gasteiger partial charge is 0.334 e. The van der Waals surface area contributed by atoms with E-state index in [1.54, 1.807) is 11.8 Å². The number of hydrazone groups is 1. The molecule has 1 saturated carbocycles. The van der Waals surface area contributed by atoms with Gasteiger partial charge in [0.1, 0.15) is 0 Å². The third-order valence-electron chi connectivity index (χ3n) is 4.12. The molecule has 0 bridgehead atoms. The molecule has 1 amide bonds. The Morgan fingerprint density at radius 1 is 1.26 bits per heavy atom. The number of aromatic nitrogens is 3. The van der Waals surface area contributed by atoms with E-state index >= 15 is 0 Å². The maximum atomic E-state index is 12.2. The second-order valence-corrected chi connectivity index (χ2v) is 7.85. The summed E-state index contributed by atoms with van der Waals surface area (Å²) in [5, 5.41) is 15.8. The summed E-state index contributed by atoms with van der Waals surface area (Å²) >= 11 is 2.81. The quantitative estimate of drug-likeness (QED) is 0.369. The zero-order chi connectivity index (χ0) is 19.1. The Balaban J connectivity index is 1.53. The molecule has 1 aliphatic rings. The number of benzene rings is 1. The Kier molecular flexibility index (Phi) is 6.99. The molecule has 1 aromatic heterocycles. The summed E-state index contributed by atoms with van der Waals surface area (Å²) < 4.78 is 1.32. The van der Waals surface area contributed by atoms with Gasteiger partial charge in [-0.25, -0.2) is 10.1 Å². The number of carbonyl (C=O) groups is 1. The summed E-state index contributed by atoms with van der Waals surface area (Å²) in [7, 11) is 0. The van der Waals surface area contributed by atoms with Gasteiger partial charge in [-0.05, 0) is 44.1 Å². The van der Waals surface area contributed by atoms with Gasteiger partial charge >= 0.3 is 0 Å². The van der Waals surface area contributed by atoms with Gasteiger partial charge < -0.3 is 11.2 Å². The molecule has 1 heterocycles. The monoisotopic (exact) mass is 405 g/mol. The molecule has 3 rings (SSSR count). The second-order valence-electron chi connectivity index (χ2n) is 6.06. The number of hydrogen-bond acceptors (Lipinski definition) is 8. The molecular formula is C17H23N7OS2. The summed E-state index contributed by atoms with van der Waals surface area (Å²) in [5.74, 6) is 6.44. The fourth-order valence-corrected chi connectivity index (χ4v) is 3.93. The number of amides is 1. The van der Waals surface area contributed by atoms with Crippen LogP contribution in [0.5, 0.6) is 0 Å². The minimum atomic E-state index is -0.124. The van der Waals surface area contributed by atoms with Crippen molar-refractivity contribution in [2.45, 2.75) is 42.2 Å². The van der Waals surface area contributed by atoms with E-state index in [2.05, 4.69) is 26.0 Å². The average molecular weight is 406 g/mol. The summed E-state index contributed by atoms with van der Waals surface area (Å²) in [6.07, 6.45) is 7.59. The van der Waals surface area contributed by atoms with Gasteiger partial charge in [0.05, 0.1) is 11.4 Å². The normalized spacial score (nSPS) is 14.0. The number of nitrogens with one attached hydrogen (secondary N) is 2. The van der Waals surface area contributed by atoms with Crippen LogP contribution in [0.25, 0.3) is 0 Å². The van der Waals surface area contributed by atoms with Crippen molar-refractivity contribution in [3.63, 3.8) is 0 Å². The van der Waals surface area contributed by atoms with Crippen molar-refractivity contribution >= 4 is 46.8 Å². The summed E-state index contributed by atoms with van der Waals surface area (Å²) in [5.41, 5.74) is 4.81. The molecule has 1 aromatic carbocycles. The lowest BCUT2D eigenvalue weighted by Crippen LogP contribution is -2.17. The Bertz CT molecular complexity index is 813. The van der Waals surface area contributed by atoms with E-state index in [0.29, 0.717) is 11.1 Å². The first-order chi connectivity index (χ1) is 13.2. The third kappa shape index (κ3) is 5.39. The lowest BCUT2D eigenvalue weighted by atomic mass is 9.99. The molecule has 0 unspecified atom stereocenters. The van der Waals surface area contributed by atoms with Gasteiger partial charge in [-0.2, -0.15) is 5.10 Å². The number of nitrogens with zero attached hydrogens (tertiary/aromatic N) is 4. The van der Waals surface area contributed by atoms with Gasteiger partial charge in [-0.3, -0.25) is 4.79 Å². The Morgan fingerprint density at radius 3 is 2.81 bits per heavy atom. The second kappa shape index (κ2) is 9.65. The molecule has 27 heavy (non-hydrogen) atoms. The maximum absolute atomic E-state index is 12.2. The highest BCUT2D eigenvalue weighted by Gasteiger charge is 2.14. The standard InChI is InChI=1S/C17H23N7OS2/c1-26-14-10-6-5-9-13(14)19-15(25)11-27-17-23-22-16(24(17)18)21-20-12-7-3-2-4-8-12/h5-6,9-10H,2-4,7-8,11,18H2,1H3,(H,19,25)(H,21,22). The van der Waals surface area contributed by atoms with Crippen molar-refractivity contribution in [1.29, 1.82) is 0 Å². The first-order valence-corrected chi connectivity index (χ1v) is 11.0. The summed E-state index contributed by atoms with van der Waals surface area (Å²) in [6.45, 7) is 0. The molecule has 1 aliphatic carbocycles. The number of carbonyl (C=O) groups excluding carboxylic acids is 1. The van der Waals surface area contributed by atoms with Gasteiger partial charge in [-0.1, -0.05) is 30.3 Å². The van der Waals surface area contributed by atoms with E-state index in [0.717, 1.165) is 29.1 Å². The average Bonchev–Trinajstić information content (AvgIpc) is 3.05. The van der Waals surface area contributed by atoms with Crippen molar-refractivity contribution < 1.29 is 4.79 Å². The van der Waals surface area contributed by atoms with Crippen LogP contribution in [0.4, 0.5) is 11.6 Å². The van der Waals surface area contributed by atoms with Crippen LogP contribution >= 0.6 is 23.5 Å². The predicted octanol–water partition coefficient (Wildman–Crippen LogP) is 3.18. The van der Waals surface area contributed by atoms with Crippen LogP contribution in [0.1, 0.15) is 32.1 Å². The molecule has 8 nitrogen and oxygen atoms in total. The zero-order valence-corrected chi connectivity index (χ0v) is 16.8. The third-order valence-corrected chi connectivity index (χ3v) is 5.86. The molecule has 0 aliphatic heterocycles. The van der Waals surface area contributed by atoms with Crippen molar-refractivity contribution in [1.82, 2.24) is 14.9 Å². The molecule has 0 spiro atoms. The highest BCUT2D eigenvalue weighted by Crippen LogP contribution is 2.25. The van der Waals surface area contributed by atoms with Crippen LogP contribution in [0.3, 0.4) is 0 Å². The predicted molar refractivity (Wildman–Crippen MR) is 112 cm³/mol. The molecular weight excluding hydrogens is 382 g/mol. The SMILES string of the molecule is CSc1ccccc1NC(=O)CSc1nnc(NN=C2CCCCC2)n1N. The van der Waals surface area contributed by atoms with E-state index in [9.17, 15) is 4.79 Å². The van der Waals surface area contributed by atoms with Crippen LogP contribution in [0.2, 0.25) is 0 Å². The van der Waals surface area contributed by atoms with Crippen LogP contribution in [-0.2, 0) is 4.79 Å². The molecule has 0 saturated heterocycles. The maximum Gasteiger partial charge on any atom is 0.264 e. The van der Waals surface area contributed by atoms with E-state index in [-0.39, 0.29) is 11.7 Å². The van der Waals surface area contributed by atoms with Gasteiger partial charge in [0.15, 0.2) is 0 Å². The minimum absolute atomic E-state index is 0.124. The lowest BCUT2D eigenvalue weighted by molar-refractivity contribution is -0.113. The Morgan fingerprint density at radius 2 is 2.04 bits per heavy atom. The van der Waals surface area contributed by atoms with Crippen molar-refractivity contribution in [3.05, 3.63) is 24.3 Å². The topological polar surface area (TPSA) is 110 Å². The fraction of sp³-hybridized carbons (Fsp3) is 0.412. The van der Waals surface area contributed by atoms with E-state index in [1.807, 2.05) is 30.5 Å². The molecule has 2 aromatic rings. The first-order valence-electron chi connectivity index (χ1n) is 8.75. The van der Waals surface area contributed by atoms with Gasteiger partial charge in [0.25, 0.3) is 5.95 Å². The van der Waals surface area contributed by atoms with E-state index in [4.69, 9.17) is 5.84 Å². The number of hydrogen-bond donors (Lipinski definition) is 3. The van der Waals surface area contributed by atoms with Gasteiger partial charge in [0, 0.05) is 10.6 Å². The number of rotatable bonds is 7. The molecule has 1 fully saturated rings. The van der Waals surface area contributed by atoms with Crippen LogP contribution in [-0.4, -0.2) is 38.5 Å². The Hall–Kier alpha value is -2.20. The number of thioether (sulfide) groups is 2. The Labute approximate surface area is 166 Å². The van der Waals surface area contributed by atoms with Crippen molar-refractivity contribution in [2.75, 3.05) is 28.6 Å². The summed E-state index contributed by atoms with van der Waals surface area (Å²) in [6, 6.07) is 7.69. The van der Waals surface area contributed by atoms with Gasteiger partial charge in [0.2, 0.25) is 11.1 Å². The highest BCUT2D eigenvalue weighted by molar-refractivity contribution is 7.99. The van der Waals surface area contributed by atoms with E-state index in [1.165, 1.54) is 35.7 Å². The minimum Gasteiger partial charge on any atom is -0.334 e. The smallest absolute Gasteiger partial charge is 0.264 e. The highest BCUT2D eigenvalue weighted by atomic mass is 32.2. The fourth-order valence-electron chi connectivity index (χ4n) is 2.72. The molecule has 4 N–H and O–H groups in total. The van der Waals surface area contributed by atoms with E-state index < -0.39 is 0 Å². The molecule has 144 valence electrons. The van der Waals surface area contributed by atoms with Gasteiger partial charge in [-0.15, -0.1) is 22.0 Å².